The molecule has 2 aromatic rings. The number of nitrogens with one attached hydrogen (secondary N) is 1. The fourth-order valence-electron chi connectivity index (χ4n) is 2.61. The van der Waals surface area contributed by atoms with Crippen molar-refractivity contribution in [3.05, 3.63) is 59.2 Å². The van der Waals surface area contributed by atoms with Crippen LogP contribution in [0.1, 0.15) is 34.8 Å². The molecule has 0 bridgehead atoms. The first-order valence-corrected chi connectivity index (χ1v) is 8.29. The molecule has 0 unspecified atom stereocenters. The standard InChI is InChI=1S/C20H25NO3/c1-4-24-19-10-6-5-8-16(19)9-7-13-21-20(22)17-11-12-18(23-3)15(2)14-17/h5-6,8,10-12,14H,4,7,9,13H2,1-3H3,(H,21,22). The van der Waals surface area contributed by atoms with Crippen LogP contribution in [0.4, 0.5) is 0 Å². The maximum atomic E-state index is 12.2. The van der Waals surface area contributed by atoms with E-state index in [1.54, 1.807) is 13.2 Å². The number of benzene rings is 2. The smallest absolute Gasteiger partial charge is 0.251 e. The molecule has 2 rings (SSSR count). The molecular weight excluding hydrogens is 302 g/mol. The van der Waals surface area contributed by atoms with Gasteiger partial charge in [-0.25, -0.2) is 0 Å². The van der Waals surface area contributed by atoms with E-state index in [9.17, 15) is 4.79 Å². The predicted molar refractivity (Wildman–Crippen MR) is 96.0 cm³/mol. The summed E-state index contributed by atoms with van der Waals surface area (Å²) in [6.07, 6.45) is 1.74. The number of carbonyl (C=O) groups excluding carboxylic acids is 1. The Bertz CT molecular complexity index is 682. The van der Waals surface area contributed by atoms with Crippen LogP contribution in [0.15, 0.2) is 42.5 Å². The molecular formula is C20H25NO3. The van der Waals surface area contributed by atoms with E-state index in [-0.39, 0.29) is 5.91 Å². The van der Waals surface area contributed by atoms with Crippen LogP contribution in [0.25, 0.3) is 0 Å². The highest BCUT2D eigenvalue weighted by molar-refractivity contribution is 5.94. The minimum absolute atomic E-state index is 0.0566. The van der Waals surface area contributed by atoms with Crippen LogP contribution in [0.2, 0.25) is 0 Å². The van der Waals surface area contributed by atoms with Crippen LogP contribution in [0.5, 0.6) is 11.5 Å². The summed E-state index contributed by atoms with van der Waals surface area (Å²) in [4.78, 5) is 12.2. The number of hydrogen-bond donors (Lipinski definition) is 1. The third-order valence-electron chi connectivity index (χ3n) is 3.84. The number of methoxy groups -OCH3 is 1. The highest BCUT2D eigenvalue weighted by Gasteiger charge is 2.08. The lowest BCUT2D eigenvalue weighted by Crippen LogP contribution is -2.24. The van der Waals surface area contributed by atoms with Gasteiger partial charge in [0.25, 0.3) is 5.91 Å². The van der Waals surface area contributed by atoms with Crippen molar-refractivity contribution >= 4 is 5.91 Å². The van der Waals surface area contributed by atoms with Gasteiger partial charge in [0.05, 0.1) is 13.7 Å². The van der Waals surface area contributed by atoms with Crippen molar-refractivity contribution < 1.29 is 14.3 Å². The molecule has 0 atom stereocenters. The minimum atomic E-state index is -0.0566. The second-order valence-electron chi connectivity index (χ2n) is 5.58. The second kappa shape index (κ2) is 8.96. The molecule has 0 aromatic heterocycles. The van der Waals surface area contributed by atoms with Crippen LogP contribution in [0.3, 0.4) is 0 Å². The Hall–Kier alpha value is -2.49. The summed E-state index contributed by atoms with van der Waals surface area (Å²) in [5, 5.41) is 2.96. The van der Waals surface area contributed by atoms with E-state index >= 15 is 0 Å². The van der Waals surface area contributed by atoms with Crippen LogP contribution < -0.4 is 14.8 Å². The number of rotatable bonds is 8. The van der Waals surface area contributed by atoms with Crippen molar-refractivity contribution in [1.29, 1.82) is 0 Å². The van der Waals surface area contributed by atoms with Crippen LogP contribution in [0, 0.1) is 6.92 Å². The number of amides is 1. The molecule has 0 saturated carbocycles. The lowest BCUT2D eigenvalue weighted by atomic mass is 10.1. The third kappa shape index (κ3) is 4.75. The molecule has 128 valence electrons. The van der Waals surface area contributed by atoms with Gasteiger partial charge in [0.2, 0.25) is 0 Å². The Morgan fingerprint density at radius 3 is 2.62 bits per heavy atom. The van der Waals surface area contributed by atoms with Gasteiger partial charge < -0.3 is 14.8 Å². The summed E-state index contributed by atoms with van der Waals surface area (Å²) in [5.74, 6) is 1.66. The van der Waals surface area contributed by atoms with Gasteiger partial charge in [0, 0.05) is 12.1 Å². The van der Waals surface area contributed by atoms with E-state index in [1.165, 1.54) is 5.56 Å². The van der Waals surface area contributed by atoms with E-state index in [2.05, 4.69) is 11.4 Å². The Morgan fingerprint density at radius 1 is 1.12 bits per heavy atom. The van der Waals surface area contributed by atoms with Crippen LogP contribution in [-0.2, 0) is 6.42 Å². The highest BCUT2D eigenvalue weighted by Crippen LogP contribution is 2.20. The molecule has 0 aliphatic rings. The van der Waals surface area contributed by atoms with E-state index in [0.717, 1.165) is 29.9 Å². The third-order valence-corrected chi connectivity index (χ3v) is 3.84. The number of carbonyl (C=O) groups is 1. The van der Waals surface area contributed by atoms with Gasteiger partial charge in [-0.15, -0.1) is 0 Å². The molecule has 4 nitrogen and oxygen atoms in total. The van der Waals surface area contributed by atoms with E-state index in [0.29, 0.717) is 18.7 Å². The first kappa shape index (κ1) is 17.9. The van der Waals surface area contributed by atoms with Crippen molar-refractivity contribution in [2.45, 2.75) is 26.7 Å². The van der Waals surface area contributed by atoms with Crippen molar-refractivity contribution in [2.24, 2.45) is 0 Å². The minimum Gasteiger partial charge on any atom is -0.496 e. The predicted octanol–water partition coefficient (Wildman–Crippen LogP) is 3.76. The summed E-state index contributed by atoms with van der Waals surface area (Å²) in [6, 6.07) is 13.5. The highest BCUT2D eigenvalue weighted by atomic mass is 16.5. The summed E-state index contributed by atoms with van der Waals surface area (Å²) in [7, 11) is 1.63. The molecule has 0 aliphatic heterocycles. The SMILES string of the molecule is CCOc1ccccc1CCCNC(=O)c1ccc(OC)c(C)c1. The van der Waals surface area contributed by atoms with Gasteiger partial charge in [-0.05, 0) is 62.1 Å². The zero-order chi connectivity index (χ0) is 17.4. The molecule has 2 aromatic carbocycles. The number of ether oxygens (including phenoxy) is 2. The van der Waals surface area contributed by atoms with Crippen molar-refractivity contribution in [3.63, 3.8) is 0 Å². The lowest BCUT2D eigenvalue weighted by Gasteiger charge is -2.11. The summed E-state index contributed by atoms with van der Waals surface area (Å²) in [6.45, 7) is 5.20. The fraction of sp³-hybridized carbons (Fsp3) is 0.350. The van der Waals surface area contributed by atoms with Gasteiger partial charge in [-0.1, -0.05) is 18.2 Å². The number of hydrogen-bond acceptors (Lipinski definition) is 3. The molecule has 0 radical (unpaired) electrons. The van der Waals surface area contributed by atoms with Gasteiger partial charge in [0.1, 0.15) is 11.5 Å². The Labute approximate surface area is 143 Å². The average Bonchev–Trinajstić information content (AvgIpc) is 2.60. The van der Waals surface area contributed by atoms with E-state index < -0.39 is 0 Å². The van der Waals surface area contributed by atoms with Crippen molar-refractivity contribution in [3.8, 4) is 11.5 Å². The zero-order valence-electron chi connectivity index (χ0n) is 14.6. The lowest BCUT2D eigenvalue weighted by molar-refractivity contribution is 0.0953. The molecule has 0 saturated heterocycles. The molecule has 0 spiro atoms. The molecule has 0 aliphatic carbocycles. The topological polar surface area (TPSA) is 47.6 Å². The molecule has 1 amide bonds. The fourth-order valence-corrected chi connectivity index (χ4v) is 2.61. The Morgan fingerprint density at radius 2 is 1.92 bits per heavy atom. The number of para-hydroxylation sites is 1. The first-order valence-electron chi connectivity index (χ1n) is 8.29. The van der Waals surface area contributed by atoms with Crippen LogP contribution >= 0.6 is 0 Å². The Kier molecular flexibility index (Phi) is 6.67. The first-order chi connectivity index (χ1) is 11.7. The Balaban J connectivity index is 1.84. The maximum absolute atomic E-state index is 12.2. The molecule has 4 heteroatoms. The monoisotopic (exact) mass is 327 g/mol. The summed E-state index contributed by atoms with van der Waals surface area (Å²) >= 11 is 0. The average molecular weight is 327 g/mol. The van der Waals surface area contributed by atoms with Gasteiger partial charge in [0.15, 0.2) is 0 Å². The largest absolute Gasteiger partial charge is 0.496 e. The van der Waals surface area contributed by atoms with Crippen molar-refractivity contribution in [2.75, 3.05) is 20.3 Å². The van der Waals surface area contributed by atoms with E-state index in [1.807, 2.05) is 44.2 Å². The summed E-state index contributed by atoms with van der Waals surface area (Å²) < 4.78 is 10.8. The van der Waals surface area contributed by atoms with Gasteiger partial charge in [-0.2, -0.15) is 0 Å². The van der Waals surface area contributed by atoms with Gasteiger partial charge >= 0.3 is 0 Å². The van der Waals surface area contributed by atoms with E-state index in [4.69, 9.17) is 9.47 Å². The molecule has 0 heterocycles. The zero-order valence-corrected chi connectivity index (χ0v) is 14.6. The van der Waals surface area contributed by atoms with Gasteiger partial charge in [-0.3, -0.25) is 4.79 Å². The van der Waals surface area contributed by atoms with Crippen molar-refractivity contribution in [1.82, 2.24) is 5.32 Å². The number of aryl methyl sites for hydroxylation is 2. The quantitative estimate of drug-likeness (QED) is 0.751. The molecule has 1 N–H and O–H groups in total. The second-order valence-corrected chi connectivity index (χ2v) is 5.58. The van der Waals surface area contributed by atoms with Crippen LogP contribution in [-0.4, -0.2) is 26.2 Å². The molecule has 0 fully saturated rings. The molecule has 24 heavy (non-hydrogen) atoms. The normalized spacial score (nSPS) is 10.3. The maximum Gasteiger partial charge on any atom is 0.251 e. The summed E-state index contributed by atoms with van der Waals surface area (Å²) in [5.41, 5.74) is 2.78.